The van der Waals surface area contributed by atoms with Gasteiger partial charge in [-0.3, -0.25) is 4.79 Å². The van der Waals surface area contributed by atoms with Gasteiger partial charge in [0.25, 0.3) is 0 Å². The number of pyridine rings is 1. The number of anilines is 1. The van der Waals surface area contributed by atoms with Crippen LogP contribution in [-0.4, -0.2) is 17.4 Å². The molecule has 0 saturated carbocycles. The van der Waals surface area contributed by atoms with Gasteiger partial charge in [-0.1, -0.05) is 29.8 Å². The van der Waals surface area contributed by atoms with Gasteiger partial charge in [0.1, 0.15) is 11.0 Å². The van der Waals surface area contributed by atoms with Crippen molar-refractivity contribution < 1.29 is 9.18 Å². The van der Waals surface area contributed by atoms with Crippen molar-refractivity contribution in [2.24, 2.45) is 5.73 Å². The van der Waals surface area contributed by atoms with Gasteiger partial charge in [-0.25, -0.2) is 9.37 Å². The topological polar surface area (TPSA) is 59.2 Å². The summed E-state index contributed by atoms with van der Waals surface area (Å²) in [6, 6.07) is 15.8. The zero-order chi connectivity index (χ0) is 17.8. The van der Waals surface area contributed by atoms with Crippen molar-refractivity contribution in [1.29, 1.82) is 0 Å². The van der Waals surface area contributed by atoms with E-state index in [0.717, 1.165) is 22.2 Å². The minimum Gasteiger partial charge on any atom is -0.370 e. The van der Waals surface area contributed by atoms with E-state index in [2.05, 4.69) is 4.98 Å². The van der Waals surface area contributed by atoms with Crippen molar-refractivity contribution >= 4 is 34.1 Å². The number of rotatable bonds is 6. The number of para-hydroxylation sites is 1. The highest BCUT2D eigenvalue weighted by molar-refractivity contribution is 6.30. The Kier molecular flexibility index (Phi) is 5.14. The first-order chi connectivity index (χ1) is 12.0. The predicted octanol–water partition coefficient (Wildman–Crippen LogP) is 3.91. The Morgan fingerprint density at radius 3 is 2.60 bits per heavy atom. The van der Waals surface area contributed by atoms with Crippen LogP contribution in [0, 0.1) is 5.82 Å². The molecule has 0 aliphatic heterocycles. The third kappa shape index (κ3) is 4.25. The maximum Gasteiger partial charge on any atom is 0.219 e. The lowest BCUT2D eigenvalue weighted by molar-refractivity contribution is -0.117. The highest BCUT2D eigenvalue weighted by Crippen LogP contribution is 2.24. The zero-order valence-corrected chi connectivity index (χ0v) is 14.2. The van der Waals surface area contributed by atoms with E-state index in [1.54, 1.807) is 12.1 Å². The van der Waals surface area contributed by atoms with Crippen LogP contribution in [0.5, 0.6) is 0 Å². The summed E-state index contributed by atoms with van der Waals surface area (Å²) in [5.41, 5.74) is 7.71. The molecule has 2 N–H and O–H groups in total. The van der Waals surface area contributed by atoms with Crippen LogP contribution in [0.15, 0.2) is 54.6 Å². The third-order valence-electron chi connectivity index (χ3n) is 3.93. The number of hydrogen-bond acceptors (Lipinski definition) is 3. The Hall–Kier alpha value is -2.66. The molecule has 2 aromatic carbocycles. The average molecular weight is 358 g/mol. The van der Waals surface area contributed by atoms with Crippen molar-refractivity contribution in [2.75, 3.05) is 11.4 Å². The summed E-state index contributed by atoms with van der Waals surface area (Å²) in [4.78, 5) is 17.5. The van der Waals surface area contributed by atoms with E-state index >= 15 is 0 Å². The van der Waals surface area contributed by atoms with Crippen LogP contribution in [0.25, 0.3) is 10.9 Å². The second-order valence-electron chi connectivity index (χ2n) is 5.75. The van der Waals surface area contributed by atoms with Crippen LogP contribution >= 0.6 is 11.6 Å². The standard InChI is InChI=1S/C19H17ClFN3O/c20-19-14(11-13-3-1-2-4-17(13)23-19)12-24(10-9-18(22)25)16-7-5-15(21)6-8-16/h1-8,11H,9-10,12H2,(H2,22,25). The van der Waals surface area contributed by atoms with E-state index in [4.69, 9.17) is 17.3 Å². The molecule has 1 aromatic heterocycles. The molecule has 6 heteroatoms. The van der Waals surface area contributed by atoms with E-state index in [1.807, 2.05) is 35.2 Å². The van der Waals surface area contributed by atoms with E-state index < -0.39 is 5.91 Å². The molecule has 0 radical (unpaired) electrons. The molecule has 128 valence electrons. The number of nitrogens with zero attached hydrogens (tertiary/aromatic N) is 2. The molecule has 3 aromatic rings. The first kappa shape index (κ1) is 17.2. The second-order valence-corrected chi connectivity index (χ2v) is 6.10. The number of halogens is 2. The van der Waals surface area contributed by atoms with Crippen molar-refractivity contribution in [3.8, 4) is 0 Å². The highest BCUT2D eigenvalue weighted by Gasteiger charge is 2.13. The molecule has 1 heterocycles. The normalized spacial score (nSPS) is 10.8. The molecule has 0 fully saturated rings. The summed E-state index contributed by atoms with van der Waals surface area (Å²) in [5.74, 6) is -0.709. The summed E-state index contributed by atoms with van der Waals surface area (Å²) < 4.78 is 13.2. The number of aromatic nitrogens is 1. The van der Waals surface area contributed by atoms with Crippen molar-refractivity contribution in [3.63, 3.8) is 0 Å². The summed E-state index contributed by atoms with van der Waals surface area (Å²) >= 11 is 6.33. The smallest absolute Gasteiger partial charge is 0.219 e. The fourth-order valence-electron chi connectivity index (χ4n) is 2.65. The van der Waals surface area contributed by atoms with Crippen LogP contribution in [0.4, 0.5) is 10.1 Å². The molecular weight excluding hydrogens is 341 g/mol. The lowest BCUT2D eigenvalue weighted by atomic mass is 10.1. The number of carbonyl (C=O) groups is 1. The fraction of sp³-hybridized carbons (Fsp3) is 0.158. The Bertz CT molecular complexity index is 899. The first-order valence-electron chi connectivity index (χ1n) is 7.86. The van der Waals surface area contributed by atoms with Gasteiger partial charge in [0, 0.05) is 36.1 Å². The summed E-state index contributed by atoms with van der Waals surface area (Å²) in [5, 5.41) is 1.39. The lowest BCUT2D eigenvalue weighted by Crippen LogP contribution is -2.28. The van der Waals surface area contributed by atoms with Gasteiger partial charge >= 0.3 is 0 Å². The molecule has 0 atom stereocenters. The van der Waals surface area contributed by atoms with Crippen molar-refractivity contribution in [2.45, 2.75) is 13.0 Å². The molecule has 1 amide bonds. The summed E-state index contributed by atoms with van der Waals surface area (Å²) in [7, 11) is 0. The number of primary amides is 1. The number of fused-ring (bicyclic) bond motifs is 1. The molecule has 25 heavy (non-hydrogen) atoms. The largest absolute Gasteiger partial charge is 0.370 e. The van der Waals surface area contributed by atoms with Crippen LogP contribution in [0.2, 0.25) is 5.15 Å². The van der Waals surface area contributed by atoms with Crippen LogP contribution in [0.1, 0.15) is 12.0 Å². The Labute approximate surface area is 150 Å². The minimum atomic E-state index is -0.394. The molecule has 3 rings (SSSR count). The Balaban J connectivity index is 1.92. The average Bonchev–Trinajstić information content (AvgIpc) is 2.59. The van der Waals surface area contributed by atoms with E-state index in [0.29, 0.717) is 18.2 Å². The van der Waals surface area contributed by atoms with Gasteiger partial charge in [0.2, 0.25) is 5.91 Å². The van der Waals surface area contributed by atoms with Crippen molar-refractivity contribution in [1.82, 2.24) is 4.98 Å². The van der Waals surface area contributed by atoms with Gasteiger partial charge < -0.3 is 10.6 Å². The summed E-state index contributed by atoms with van der Waals surface area (Å²) in [6.07, 6.45) is 0.190. The minimum absolute atomic E-state index is 0.190. The van der Waals surface area contributed by atoms with Gasteiger partial charge in [-0.05, 0) is 36.4 Å². The fourth-order valence-corrected chi connectivity index (χ4v) is 2.85. The van der Waals surface area contributed by atoms with E-state index in [9.17, 15) is 9.18 Å². The number of amides is 1. The van der Waals surface area contributed by atoms with Crippen LogP contribution in [0.3, 0.4) is 0 Å². The van der Waals surface area contributed by atoms with Crippen LogP contribution < -0.4 is 10.6 Å². The SMILES string of the molecule is NC(=O)CCN(Cc1cc2ccccc2nc1Cl)c1ccc(F)cc1. The maximum atomic E-state index is 13.2. The number of carbonyl (C=O) groups excluding carboxylic acids is 1. The molecule has 0 unspecified atom stereocenters. The Morgan fingerprint density at radius 2 is 1.88 bits per heavy atom. The number of nitrogens with two attached hydrogens (primary N) is 1. The first-order valence-corrected chi connectivity index (χ1v) is 8.24. The molecule has 0 aliphatic rings. The lowest BCUT2D eigenvalue weighted by Gasteiger charge is -2.25. The molecule has 0 aliphatic carbocycles. The molecular formula is C19H17ClFN3O. The predicted molar refractivity (Wildman–Crippen MR) is 98.0 cm³/mol. The molecule has 0 spiro atoms. The molecule has 4 nitrogen and oxygen atoms in total. The van der Waals surface area contributed by atoms with Crippen molar-refractivity contribution in [3.05, 3.63) is 71.1 Å². The number of hydrogen-bond donors (Lipinski definition) is 1. The maximum absolute atomic E-state index is 13.2. The quantitative estimate of drug-likeness (QED) is 0.680. The van der Waals surface area contributed by atoms with Gasteiger partial charge in [-0.2, -0.15) is 0 Å². The molecule has 0 saturated heterocycles. The molecule has 0 bridgehead atoms. The van der Waals surface area contributed by atoms with Crippen LogP contribution in [-0.2, 0) is 11.3 Å². The number of benzene rings is 2. The summed E-state index contributed by atoms with van der Waals surface area (Å²) in [6.45, 7) is 0.847. The highest BCUT2D eigenvalue weighted by atomic mass is 35.5. The Morgan fingerprint density at radius 1 is 1.16 bits per heavy atom. The van der Waals surface area contributed by atoms with Gasteiger partial charge in [0.05, 0.1) is 5.52 Å². The monoisotopic (exact) mass is 357 g/mol. The van der Waals surface area contributed by atoms with Gasteiger partial charge in [0.15, 0.2) is 0 Å². The zero-order valence-electron chi connectivity index (χ0n) is 13.5. The second kappa shape index (κ2) is 7.49. The van der Waals surface area contributed by atoms with Gasteiger partial charge in [-0.15, -0.1) is 0 Å². The third-order valence-corrected chi connectivity index (χ3v) is 4.26. The van der Waals surface area contributed by atoms with E-state index in [-0.39, 0.29) is 12.2 Å². The van der Waals surface area contributed by atoms with E-state index in [1.165, 1.54) is 12.1 Å².